The van der Waals surface area contributed by atoms with Gasteiger partial charge in [0.05, 0.1) is 16.6 Å². The molecule has 2 amide bonds. The minimum atomic E-state index is -4.64. The third-order valence-corrected chi connectivity index (χ3v) is 8.43. The van der Waals surface area contributed by atoms with E-state index < -0.39 is 48.8 Å². The van der Waals surface area contributed by atoms with Gasteiger partial charge in [0.15, 0.2) is 5.65 Å². The van der Waals surface area contributed by atoms with E-state index in [9.17, 15) is 40.3 Å². The van der Waals surface area contributed by atoms with Crippen LogP contribution in [0.2, 0.25) is 5.02 Å². The highest BCUT2D eigenvalue weighted by Gasteiger charge is 2.68. The largest absolute Gasteiger partial charge is 0.474 e. The number of fused-ring (bicyclic) bond motifs is 1. The maximum Gasteiger partial charge on any atom is 0.403 e. The van der Waals surface area contributed by atoms with Gasteiger partial charge in [-0.25, -0.2) is 14.4 Å². The molecule has 0 saturated heterocycles. The van der Waals surface area contributed by atoms with Crippen molar-refractivity contribution < 1.29 is 45.1 Å². The minimum absolute atomic E-state index is 0.00335. The summed E-state index contributed by atoms with van der Waals surface area (Å²) < 4.78 is 98.8. The van der Waals surface area contributed by atoms with E-state index in [0.29, 0.717) is 17.0 Å². The number of aromatic nitrogens is 3. The molecule has 248 valence electrons. The lowest BCUT2D eigenvalue weighted by Crippen LogP contribution is -2.40. The molecule has 17 heteroatoms. The van der Waals surface area contributed by atoms with Gasteiger partial charge in [0.1, 0.15) is 29.8 Å². The van der Waals surface area contributed by atoms with Crippen LogP contribution in [-0.4, -0.2) is 57.7 Å². The number of aliphatic imine (C=N–C) groups is 1. The van der Waals surface area contributed by atoms with Crippen LogP contribution in [0, 0.1) is 11.3 Å². The van der Waals surface area contributed by atoms with Crippen LogP contribution in [0.25, 0.3) is 11.2 Å². The van der Waals surface area contributed by atoms with E-state index in [1.54, 1.807) is 13.1 Å². The van der Waals surface area contributed by atoms with Gasteiger partial charge in [-0.3, -0.25) is 14.2 Å². The highest BCUT2D eigenvalue weighted by molar-refractivity contribution is 6.33. The molecular formula is C29H28ClF7N6O3. The van der Waals surface area contributed by atoms with Gasteiger partial charge in [0.2, 0.25) is 17.7 Å². The molecule has 2 aliphatic rings. The summed E-state index contributed by atoms with van der Waals surface area (Å²) in [6, 6.07) is 5.89. The molecule has 0 unspecified atom stereocenters. The van der Waals surface area contributed by atoms with Crippen LogP contribution >= 0.6 is 11.6 Å². The SMILES string of the molecule is Cn1c(Nc2cc(CNC(=O)C3(C(F)(F)F)CC3)ccc2Cl)nc2cc(C(=O)N=C3CCC(C(F)(F)F)CC3)c(OCCF)nc21. The maximum absolute atomic E-state index is 13.3. The fourth-order valence-corrected chi connectivity index (χ4v) is 5.38. The van der Waals surface area contributed by atoms with Crippen molar-refractivity contribution in [1.82, 2.24) is 19.9 Å². The molecule has 0 bridgehead atoms. The van der Waals surface area contributed by atoms with Gasteiger partial charge in [0.25, 0.3) is 5.91 Å². The average molecular weight is 677 g/mol. The van der Waals surface area contributed by atoms with Crippen LogP contribution in [0.4, 0.5) is 42.4 Å². The van der Waals surface area contributed by atoms with Crippen molar-refractivity contribution in [3.05, 3.63) is 40.4 Å². The van der Waals surface area contributed by atoms with Gasteiger partial charge in [-0.15, -0.1) is 0 Å². The van der Waals surface area contributed by atoms with E-state index >= 15 is 0 Å². The van der Waals surface area contributed by atoms with Gasteiger partial charge in [-0.1, -0.05) is 17.7 Å². The zero-order valence-electron chi connectivity index (χ0n) is 24.3. The number of alkyl halides is 7. The molecule has 46 heavy (non-hydrogen) atoms. The molecule has 2 fully saturated rings. The summed E-state index contributed by atoms with van der Waals surface area (Å²) >= 11 is 6.35. The van der Waals surface area contributed by atoms with Gasteiger partial charge in [-0.2, -0.15) is 31.3 Å². The van der Waals surface area contributed by atoms with Crippen LogP contribution in [0.3, 0.4) is 0 Å². The molecule has 0 atom stereocenters. The minimum Gasteiger partial charge on any atom is -0.474 e. The van der Waals surface area contributed by atoms with Crippen molar-refractivity contribution in [3.63, 3.8) is 0 Å². The number of nitrogens with one attached hydrogen (secondary N) is 2. The second-order valence-electron chi connectivity index (χ2n) is 11.2. The molecule has 0 radical (unpaired) electrons. The summed E-state index contributed by atoms with van der Waals surface area (Å²) in [5, 5.41) is 5.56. The first kappa shape index (κ1) is 33.4. The van der Waals surface area contributed by atoms with Crippen LogP contribution in [0.5, 0.6) is 5.88 Å². The van der Waals surface area contributed by atoms with Crippen LogP contribution in [0.15, 0.2) is 29.3 Å². The van der Waals surface area contributed by atoms with Crippen molar-refractivity contribution in [1.29, 1.82) is 0 Å². The van der Waals surface area contributed by atoms with E-state index in [2.05, 4.69) is 25.6 Å². The molecule has 2 aliphatic carbocycles. The number of benzene rings is 1. The Hall–Kier alpha value is -3.95. The Morgan fingerprint density at radius 1 is 1.11 bits per heavy atom. The number of amides is 2. The number of hydrogen-bond acceptors (Lipinski definition) is 6. The van der Waals surface area contributed by atoms with Crippen LogP contribution in [-0.2, 0) is 18.4 Å². The van der Waals surface area contributed by atoms with Crippen molar-refractivity contribution in [3.8, 4) is 5.88 Å². The van der Waals surface area contributed by atoms with E-state index in [4.69, 9.17) is 16.3 Å². The highest BCUT2D eigenvalue weighted by Crippen LogP contribution is 2.57. The standard InChI is InChI=1S/C29H28ClF7N6O3/c1-43-22-21(13-18(24(42-22)46-11-10-31)23(44)39-17-5-3-16(4-6-17)28(32,33)34)41-26(43)40-20-12-15(2-7-19(20)30)14-38-25(45)27(8-9-27)29(35,36)37/h2,7,12-13,16H,3-6,8-11,14H2,1H3,(H,38,45)(H,40,41). The number of carbonyl (C=O) groups is 2. The highest BCUT2D eigenvalue weighted by atomic mass is 35.5. The number of rotatable bonds is 9. The number of nitrogens with zero attached hydrogens (tertiary/aromatic N) is 4. The molecule has 3 aromatic rings. The molecule has 0 aliphatic heterocycles. The van der Waals surface area contributed by atoms with Gasteiger partial charge >= 0.3 is 12.4 Å². The lowest BCUT2D eigenvalue weighted by Gasteiger charge is -2.25. The number of carbonyl (C=O) groups excluding carboxylic acids is 2. The molecule has 2 heterocycles. The third kappa shape index (κ3) is 6.90. The number of anilines is 2. The quantitative estimate of drug-likeness (QED) is 0.236. The molecule has 2 N–H and O–H groups in total. The molecule has 1 aromatic carbocycles. The lowest BCUT2D eigenvalue weighted by atomic mass is 9.87. The number of halogens is 8. The first-order chi connectivity index (χ1) is 21.6. The predicted octanol–water partition coefficient (Wildman–Crippen LogP) is 7.01. The Bertz CT molecular complexity index is 1670. The molecule has 2 saturated carbocycles. The Balaban J connectivity index is 1.36. The van der Waals surface area contributed by atoms with Crippen LogP contribution < -0.4 is 15.4 Å². The first-order valence-corrected chi connectivity index (χ1v) is 14.6. The second kappa shape index (κ2) is 12.7. The maximum atomic E-state index is 13.3. The second-order valence-corrected chi connectivity index (χ2v) is 11.6. The van der Waals surface area contributed by atoms with Crippen LogP contribution in [0.1, 0.15) is 54.4 Å². The zero-order valence-corrected chi connectivity index (χ0v) is 25.0. The zero-order chi connectivity index (χ0) is 33.4. The summed E-state index contributed by atoms with van der Waals surface area (Å²) in [6.07, 6.45) is -9.86. The molecule has 0 spiro atoms. The van der Waals surface area contributed by atoms with Crippen molar-refractivity contribution in [2.24, 2.45) is 23.4 Å². The number of pyridine rings is 1. The molecule has 9 nitrogen and oxygen atoms in total. The fraction of sp³-hybridized carbons (Fsp3) is 0.483. The van der Waals surface area contributed by atoms with E-state index in [1.165, 1.54) is 22.8 Å². The number of ether oxygens (including phenoxy) is 1. The van der Waals surface area contributed by atoms with E-state index in [0.717, 1.165) is 0 Å². The van der Waals surface area contributed by atoms with Gasteiger partial charge < -0.3 is 15.4 Å². The summed E-state index contributed by atoms with van der Waals surface area (Å²) in [6.45, 7) is -1.49. The Labute approximate surface area is 262 Å². The first-order valence-electron chi connectivity index (χ1n) is 14.3. The lowest BCUT2D eigenvalue weighted by molar-refractivity contribution is -0.192. The normalized spacial score (nSPS) is 17.9. The average Bonchev–Trinajstić information content (AvgIpc) is 3.77. The predicted molar refractivity (Wildman–Crippen MR) is 154 cm³/mol. The Morgan fingerprint density at radius 2 is 1.80 bits per heavy atom. The molecule has 2 aromatic heterocycles. The van der Waals surface area contributed by atoms with E-state index in [-0.39, 0.29) is 78.6 Å². The van der Waals surface area contributed by atoms with Crippen molar-refractivity contribution in [2.75, 3.05) is 18.6 Å². The summed E-state index contributed by atoms with van der Waals surface area (Å²) in [5.41, 5.74) is -1.04. The number of aryl methyl sites for hydroxylation is 1. The van der Waals surface area contributed by atoms with E-state index in [1.807, 2.05) is 0 Å². The number of hydrogen-bond donors (Lipinski definition) is 2. The van der Waals surface area contributed by atoms with Gasteiger partial charge in [0, 0.05) is 19.3 Å². The third-order valence-electron chi connectivity index (χ3n) is 8.10. The number of imidazole rings is 1. The van der Waals surface area contributed by atoms with Crippen molar-refractivity contribution >= 4 is 51.9 Å². The summed E-state index contributed by atoms with van der Waals surface area (Å²) in [5.74, 6) is -3.43. The smallest absolute Gasteiger partial charge is 0.403 e. The Morgan fingerprint density at radius 3 is 2.41 bits per heavy atom. The Kier molecular flexibility index (Phi) is 9.21. The molecular weight excluding hydrogens is 649 g/mol. The summed E-state index contributed by atoms with van der Waals surface area (Å²) in [4.78, 5) is 38.2. The summed E-state index contributed by atoms with van der Waals surface area (Å²) in [7, 11) is 1.58. The van der Waals surface area contributed by atoms with Gasteiger partial charge in [-0.05, 0) is 62.3 Å². The fourth-order valence-electron chi connectivity index (χ4n) is 5.21. The molecule has 5 rings (SSSR count). The topological polar surface area (TPSA) is 111 Å². The van der Waals surface area contributed by atoms with Crippen molar-refractivity contribution in [2.45, 2.75) is 57.4 Å². The monoisotopic (exact) mass is 676 g/mol.